The van der Waals surface area contributed by atoms with Gasteiger partial charge in [-0.05, 0) is 24.3 Å². The molecule has 0 heterocycles. The molecule has 0 radical (unpaired) electrons. The maximum Gasteiger partial charge on any atom is 0.164 e. The Balaban J connectivity index is 0.00000116. The molecule has 0 aliphatic carbocycles. The Kier molecular flexibility index (Phi) is 8.07. The molecule has 0 spiro atoms. The molecule has 0 amide bonds. The highest BCUT2D eigenvalue weighted by Gasteiger charge is 2.13. The average Bonchev–Trinajstić information content (AvgIpc) is 2.55. The van der Waals surface area contributed by atoms with E-state index >= 15 is 0 Å². The number of carbonyl (C=O) groups excluding carboxylic acids is 2. The van der Waals surface area contributed by atoms with Crippen LogP contribution in [0.15, 0.2) is 53.0 Å². The molecule has 0 unspecified atom stereocenters. The minimum Gasteiger partial charge on any atom is -0.294 e. The molecule has 0 aliphatic heterocycles. The molecular formula is C18H18BrClO2. The van der Waals surface area contributed by atoms with Crippen LogP contribution in [-0.4, -0.2) is 11.6 Å². The molecule has 2 aromatic carbocycles. The van der Waals surface area contributed by atoms with Gasteiger partial charge < -0.3 is 0 Å². The zero-order valence-electron chi connectivity index (χ0n) is 12.6. The van der Waals surface area contributed by atoms with Crippen molar-refractivity contribution in [2.45, 2.75) is 26.7 Å². The van der Waals surface area contributed by atoms with Crippen molar-refractivity contribution in [1.29, 1.82) is 0 Å². The second kappa shape index (κ2) is 9.54. The minimum absolute atomic E-state index is 0.0436. The van der Waals surface area contributed by atoms with Crippen molar-refractivity contribution in [3.8, 4) is 0 Å². The van der Waals surface area contributed by atoms with Crippen LogP contribution in [0.2, 0.25) is 5.02 Å². The summed E-state index contributed by atoms with van der Waals surface area (Å²) >= 11 is 9.27. The van der Waals surface area contributed by atoms with Crippen molar-refractivity contribution in [2.24, 2.45) is 0 Å². The van der Waals surface area contributed by atoms with Gasteiger partial charge in [0.15, 0.2) is 11.6 Å². The van der Waals surface area contributed by atoms with E-state index in [1.807, 2.05) is 26.0 Å². The SMILES string of the molecule is CC.O=C(CCC(=O)c1ccccc1Cl)c1ccc(Br)cc1. The topological polar surface area (TPSA) is 34.1 Å². The molecule has 0 bridgehead atoms. The van der Waals surface area contributed by atoms with Gasteiger partial charge in [-0.3, -0.25) is 9.59 Å². The number of halogens is 2. The summed E-state index contributed by atoms with van der Waals surface area (Å²) in [7, 11) is 0. The lowest BCUT2D eigenvalue weighted by Gasteiger charge is -2.03. The zero-order valence-corrected chi connectivity index (χ0v) is 14.9. The predicted octanol–water partition coefficient (Wildman–Crippen LogP) is 5.97. The third-order valence-electron chi connectivity index (χ3n) is 2.92. The van der Waals surface area contributed by atoms with Gasteiger partial charge in [0.25, 0.3) is 0 Å². The first kappa shape index (κ1) is 18.6. The summed E-state index contributed by atoms with van der Waals surface area (Å²) < 4.78 is 0.918. The Morgan fingerprint density at radius 2 is 1.45 bits per heavy atom. The lowest BCUT2D eigenvalue weighted by molar-refractivity contribution is 0.0917. The molecule has 0 saturated carbocycles. The van der Waals surface area contributed by atoms with Gasteiger partial charge in [0, 0.05) is 28.4 Å². The van der Waals surface area contributed by atoms with Crippen LogP contribution in [0.25, 0.3) is 0 Å². The van der Waals surface area contributed by atoms with Crippen LogP contribution in [0, 0.1) is 0 Å². The second-order valence-electron chi connectivity index (χ2n) is 4.33. The number of benzene rings is 2. The van der Waals surface area contributed by atoms with Crippen LogP contribution >= 0.6 is 27.5 Å². The van der Waals surface area contributed by atoms with E-state index < -0.39 is 0 Å². The third-order valence-corrected chi connectivity index (χ3v) is 3.78. The smallest absolute Gasteiger partial charge is 0.164 e. The predicted molar refractivity (Wildman–Crippen MR) is 94.8 cm³/mol. The van der Waals surface area contributed by atoms with Crippen LogP contribution in [0.4, 0.5) is 0 Å². The van der Waals surface area contributed by atoms with Crippen molar-refractivity contribution in [1.82, 2.24) is 0 Å². The summed E-state index contributed by atoms with van der Waals surface area (Å²) in [6.45, 7) is 4.00. The number of hydrogen-bond donors (Lipinski definition) is 0. The Morgan fingerprint density at radius 3 is 2.05 bits per heavy atom. The standard InChI is InChI=1S/C16H12BrClO2.C2H6/c17-12-7-5-11(6-8-12)15(19)9-10-16(20)13-3-1-2-4-14(13)18;1-2/h1-8H,9-10H2;1-2H3. The van der Waals surface area contributed by atoms with Crippen molar-refractivity contribution in [2.75, 3.05) is 0 Å². The summed E-state index contributed by atoms with van der Waals surface area (Å²) in [6.07, 6.45) is 0.352. The summed E-state index contributed by atoms with van der Waals surface area (Å²) in [6, 6.07) is 14.0. The number of ketones is 2. The molecule has 0 atom stereocenters. The number of Topliss-reactive ketones (excluding diaryl/α,β-unsaturated/α-hetero) is 2. The Hall–Kier alpha value is -1.45. The van der Waals surface area contributed by atoms with Gasteiger partial charge in [0.1, 0.15) is 0 Å². The molecule has 4 heteroatoms. The van der Waals surface area contributed by atoms with Gasteiger partial charge in [-0.1, -0.05) is 65.6 Å². The van der Waals surface area contributed by atoms with Gasteiger partial charge in [-0.25, -0.2) is 0 Å². The normalized spacial score (nSPS) is 9.64. The van der Waals surface area contributed by atoms with Gasteiger partial charge in [0.2, 0.25) is 0 Å². The van der Waals surface area contributed by atoms with Crippen LogP contribution in [0.1, 0.15) is 47.4 Å². The van der Waals surface area contributed by atoms with E-state index in [-0.39, 0.29) is 24.4 Å². The van der Waals surface area contributed by atoms with Gasteiger partial charge in [0.05, 0.1) is 5.02 Å². The van der Waals surface area contributed by atoms with E-state index in [2.05, 4.69) is 15.9 Å². The summed E-state index contributed by atoms with van der Waals surface area (Å²) in [5.41, 5.74) is 1.08. The fraction of sp³-hybridized carbons (Fsp3) is 0.222. The Labute approximate surface area is 144 Å². The highest BCUT2D eigenvalue weighted by Crippen LogP contribution is 2.18. The van der Waals surface area contributed by atoms with Crippen LogP contribution in [0.5, 0.6) is 0 Å². The summed E-state index contributed by atoms with van der Waals surface area (Å²) in [5, 5.41) is 0.425. The quantitative estimate of drug-likeness (QED) is 0.597. The molecule has 0 aromatic heterocycles. The molecule has 0 saturated heterocycles. The lowest BCUT2D eigenvalue weighted by Crippen LogP contribution is -2.05. The first-order valence-corrected chi connectivity index (χ1v) is 8.31. The third kappa shape index (κ3) is 5.39. The second-order valence-corrected chi connectivity index (χ2v) is 5.66. The largest absolute Gasteiger partial charge is 0.294 e. The monoisotopic (exact) mass is 380 g/mol. The van der Waals surface area contributed by atoms with E-state index in [1.54, 1.807) is 36.4 Å². The molecule has 2 rings (SSSR count). The van der Waals surface area contributed by atoms with Crippen molar-refractivity contribution < 1.29 is 9.59 Å². The molecule has 0 N–H and O–H groups in total. The molecule has 2 aromatic rings. The summed E-state index contributed by atoms with van der Waals surface area (Å²) in [5.74, 6) is -0.154. The number of rotatable bonds is 5. The average molecular weight is 382 g/mol. The first-order valence-electron chi connectivity index (χ1n) is 7.14. The van der Waals surface area contributed by atoms with Crippen LogP contribution < -0.4 is 0 Å². The van der Waals surface area contributed by atoms with E-state index in [1.165, 1.54) is 0 Å². The molecule has 0 fully saturated rings. The minimum atomic E-state index is -0.110. The maximum absolute atomic E-state index is 12.0. The van der Waals surface area contributed by atoms with Crippen LogP contribution in [0.3, 0.4) is 0 Å². The summed E-state index contributed by atoms with van der Waals surface area (Å²) in [4.78, 5) is 24.0. The van der Waals surface area contributed by atoms with Gasteiger partial charge in [-0.2, -0.15) is 0 Å². The Bertz CT molecular complexity index is 636. The molecule has 116 valence electrons. The lowest BCUT2D eigenvalue weighted by atomic mass is 10.0. The van der Waals surface area contributed by atoms with Gasteiger partial charge >= 0.3 is 0 Å². The van der Waals surface area contributed by atoms with E-state index in [0.717, 1.165) is 4.47 Å². The van der Waals surface area contributed by atoms with Crippen molar-refractivity contribution in [3.63, 3.8) is 0 Å². The van der Waals surface area contributed by atoms with E-state index in [9.17, 15) is 9.59 Å². The fourth-order valence-corrected chi connectivity index (χ4v) is 2.33. The highest BCUT2D eigenvalue weighted by molar-refractivity contribution is 9.10. The molecule has 0 aliphatic rings. The van der Waals surface area contributed by atoms with Crippen molar-refractivity contribution in [3.05, 3.63) is 69.2 Å². The molecule has 22 heavy (non-hydrogen) atoms. The maximum atomic E-state index is 12.0. The van der Waals surface area contributed by atoms with Crippen molar-refractivity contribution >= 4 is 39.1 Å². The molecular weight excluding hydrogens is 364 g/mol. The van der Waals surface area contributed by atoms with Crippen LogP contribution in [-0.2, 0) is 0 Å². The number of hydrogen-bond acceptors (Lipinski definition) is 2. The Morgan fingerprint density at radius 1 is 0.909 bits per heavy atom. The van der Waals surface area contributed by atoms with E-state index in [0.29, 0.717) is 16.1 Å². The highest BCUT2D eigenvalue weighted by atomic mass is 79.9. The zero-order chi connectivity index (χ0) is 16.5. The van der Waals surface area contributed by atoms with Gasteiger partial charge in [-0.15, -0.1) is 0 Å². The molecule has 2 nitrogen and oxygen atoms in total. The number of carbonyl (C=O) groups is 2. The fourth-order valence-electron chi connectivity index (χ4n) is 1.83. The first-order chi connectivity index (χ1) is 10.6. The van der Waals surface area contributed by atoms with E-state index in [4.69, 9.17) is 11.6 Å².